The largest absolute Gasteiger partial charge is 0.357 e. The molecule has 8 heteroatoms. The van der Waals surface area contributed by atoms with Crippen LogP contribution in [0.5, 0.6) is 0 Å². The van der Waals surface area contributed by atoms with E-state index >= 15 is 0 Å². The molecule has 0 spiro atoms. The number of amides is 1. The molecule has 1 amide bonds. The van der Waals surface area contributed by atoms with Gasteiger partial charge in [-0.2, -0.15) is 0 Å². The van der Waals surface area contributed by atoms with Gasteiger partial charge >= 0.3 is 5.69 Å². The number of hydrogen-bond acceptors (Lipinski definition) is 5. The average molecular weight is 371 g/mol. The molecule has 0 saturated carbocycles. The van der Waals surface area contributed by atoms with E-state index in [1.165, 1.54) is 17.7 Å². The molecule has 1 aliphatic rings. The molecule has 1 saturated heterocycles. The molecule has 0 radical (unpaired) electrons. The smallest absolute Gasteiger partial charge is 0.332 e. The Kier molecular flexibility index (Phi) is 5.73. The predicted molar refractivity (Wildman–Crippen MR) is 103 cm³/mol. The van der Waals surface area contributed by atoms with Gasteiger partial charge in [0.1, 0.15) is 5.82 Å². The molecule has 3 heterocycles. The summed E-state index contributed by atoms with van der Waals surface area (Å²) in [5, 5.41) is 2.98. The molecule has 27 heavy (non-hydrogen) atoms. The quantitative estimate of drug-likeness (QED) is 0.803. The van der Waals surface area contributed by atoms with Crippen LogP contribution in [0.15, 0.2) is 40.1 Å². The number of anilines is 1. The lowest BCUT2D eigenvalue weighted by Gasteiger charge is -2.34. The maximum absolute atomic E-state index is 12.5. The molecule has 1 unspecified atom stereocenters. The van der Waals surface area contributed by atoms with Crippen molar-refractivity contribution >= 4 is 11.7 Å². The van der Waals surface area contributed by atoms with Gasteiger partial charge in [0.15, 0.2) is 0 Å². The Morgan fingerprint density at radius 1 is 1.26 bits per heavy atom. The number of carbonyl (C=O) groups excluding carboxylic acids is 1. The molecule has 0 aromatic carbocycles. The highest BCUT2D eigenvalue weighted by molar-refractivity contribution is 5.79. The van der Waals surface area contributed by atoms with E-state index in [1.807, 2.05) is 23.1 Å². The van der Waals surface area contributed by atoms with Crippen LogP contribution in [0.1, 0.15) is 18.5 Å². The topological polar surface area (TPSA) is 89.2 Å². The van der Waals surface area contributed by atoms with E-state index in [0.717, 1.165) is 29.6 Å². The van der Waals surface area contributed by atoms with Crippen LogP contribution in [-0.2, 0) is 25.3 Å². The van der Waals surface area contributed by atoms with Crippen molar-refractivity contribution in [1.29, 1.82) is 0 Å². The van der Waals surface area contributed by atoms with E-state index in [1.54, 1.807) is 13.2 Å². The third kappa shape index (κ3) is 4.27. The summed E-state index contributed by atoms with van der Waals surface area (Å²) >= 11 is 0. The molecule has 144 valence electrons. The Hall–Kier alpha value is -2.90. The summed E-state index contributed by atoms with van der Waals surface area (Å²) in [7, 11) is 3.11. The maximum Gasteiger partial charge on any atom is 0.332 e. The van der Waals surface area contributed by atoms with Gasteiger partial charge in [0.05, 0.1) is 5.92 Å². The molecule has 1 atom stereocenters. The second kappa shape index (κ2) is 8.20. The van der Waals surface area contributed by atoms with Gasteiger partial charge in [-0.25, -0.2) is 4.79 Å². The fourth-order valence-electron chi connectivity index (χ4n) is 3.43. The number of hydrogen-bond donors (Lipinski definition) is 1. The Labute approximate surface area is 157 Å². The van der Waals surface area contributed by atoms with Gasteiger partial charge in [-0.1, -0.05) is 6.07 Å². The first-order chi connectivity index (χ1) is 13.0. The third-order valence-electron chi connectivity index (χ3n) is 5.02. The summed E-state index contributed by atoms with van der Waals surface area (Å²) in [6, 6.07) is 7.19. The Bertz CT molecular complexity index is 919. The van der Waals surface area contributed by atoms with Crippen molar-refractivity contribution in [1.82, 2.24) is 19.4 Å². The number of piperidine rings is 1. The van der Waals surface area contributed by atoms with Crippen molar-refractivity contribution in [2.45, 2.75) is 19.3 Å². The van der Waals surface area contributed by atoms with Crippen molar-refractivity contribution < 1.29 is 4.79 Å². The summed E-state index contributed by atoms with van der Waals surface area (Å²) in [6.07, 6.45) is 4.06. The van der Waals surface area contributed by atoms with Crippen LogP contribution in [0.4, 0.5) is 5.82 Å². The summed E-state index contributed by atoms with van der Waals surface area (Å²) < 4.78 is 2.54. The van der Waals surface area contributed by atoms with Crippen LogP contribution < -0.4 is 21.5 Å². The highest BCUT2D eigenvalue weighted by Gasteiger charge is 2.27. The molecule has 2 aromatic rings. The summed E-state index contributed by atoms with van der Waals surface area (Å²) in [5.74, 6) is 0.403. The fraction of sp³-hybridized carbons (Fsp3) is 0.474. The van der Waals surface area contributed by atoms with Crippen LogP contribution in [0.2, 0.25) is 0 Å². The van der Waals surface area contributed by atoms with Crippen molar-refractivity contribution in [2.24, 2.45) is 20.0 Å². The van der Waals surface area contributed by atoms with E-state index in [2.05, 4.69) is 10.3 Å². The minimum atomic E-state index is -0.362. The molecular formula is C19H25N5O3. The minimum Gasteiger partial charge on any atom is -0.357 e. The second-order valence-corrected chi connectivity index (χ2v) is 6.89. The Balaban J connectivity index is 1.63. The van der Waals surface area contributed by atoms with Gasteiger partial charge in [-0.15, -0.1) is 0 Å². The molecule has 8 nitrogen and oxygen atoms in total. The number of nitrogens with one attached hydrogen (secondary N) is 1. The lowest BCUT2D eigenvalue weighted by Crippen LogP contribution is -2.46. The van der Waals surface area contributed by atoms with E-state index in [9.17, 15) is 14.4 Å². The number of pyridine rings is 1. The van der Waals surface area contributed by atoms with Gasteiger partial charge in [0.2, 0.25) is 5.91 Å². The fourth-order valence-corrected chi connectivity index (χ4v) is 3.43. The van der Waals surface area contributed by atoms with Gasteiger partial charge in [0, 0.05) is 58.1 Å². The highest BCUT2D eigenvalue weighted by Crippen LogP contribution is 2.21. The minimum absolute atomic E-state index is 0.00413. The van der Waals surface area contributed by atoms with Gasteiger partial charge in [-0.05, 0) is 25.0 Å². The standard InChI is InChI=1S/C19H25N5O3/c1-22-16(12-17(25)23(2)19(22)27)24-11-5-6-14(13-24)18(26)21-10-8-15-7-3-4-9-20-15/h3-4,7,9,12,14H,5-6,8,10-11,13H2,1-2H3,(H,21,26). The van der Waals surface area contributed by atoms with Gasteiger partial charge in [0.25, 0.3) is 5.56 Å². The molecule has 1 fully saturated rings. The normalized spacial score (nSPS) is 17.0. The second-order valence-electron chi connectivity index (χ2n) is 6.89. The van der Waals surface area contributed by atoms with Gasteiger partial charge < -0.3 is 10.2 Å². The lowest BCUT2D eigenvalue weighted by atomic mass is 9.97. The predicted octanol–water partition coefficient (Wildman–Crippen LogP) is 0.0543. The van der Waals surface area contributed by atoms with Crippen LogP contribution >= 0.6 is 0 Å². The summed E-state index contributed by atoms with van der Waals surface area (Å²) in [6.45, 7) is 1.75. The summed E-state index contributed by atoms with van der Waals surface area (Å²) in [4.78, 5) is 42.9. The zero-order chi connectivity index (χ0) is 19.4. The summed E-state index contributed by atoms with van der Waals surface area (Å²) in [5.41, 5.74) is 0.243. The molecule has 0 aliphatic carbocycles. The monoisotopic (exact) mass is 371 g/mol. The zero-order valence-corrected chi connectivity index (χ0v) is 15.7. The van der Waals surface area contributed by atoms with E-state index in [0.29, 0.717) is 25.3 Å². The number of nitrogens with zero attached hydrogens (tertiary/aromatic N) is 4. The zero-order valence-electron chi connectivity index (χ0n) is 15.7. The van der Waals surface area contributed by atoms with Crippen molar-refractivity contribution in [2.75, 3.05) is 24.5 Å². The molecule has 2 aromatic heterocycles. The van der Waals surface area contributed by atoms with E-state index < -0.39 is 0 Å². The SMILES string of the molecule is Cn1c(N2CCCC(C(=O)NCCc3ccccn3)C2)cc(=O)n(C)c1=O. The Morgan fingerprint density at radius 3 is 2.81 bits per heavy atom. The van der Waals surface area contributed by atoms with Crippen LogP contribution in [0.3, 0.4) is 0 Å². The van der Waals surface area contributed by atoms with Crippen molar-refractivity contribution in [3.8, 4) is 0 Å². The van der Waals surface area contributed by atoms with Crippen LogP contribution in [-0.4, -0.2) is 39.7 Å². The van der Waals surface area contributed by atoms with Gasteiger partial charge in [-0.3, -0.25) is 23.7 Å². The van der Waals surface area contributed by atoms with E-state index in [-0.39, 0.29) is 23.1 Å². The highest BCUT2D eigenvalue weighted by atomic mass is 16.2. The van der Waals surface area contributed by atoms with Crippen LogP contribution in [0, 0.1) is 5.92 Å². The first-order valence-corrected chi connectivity index (χ1v) is 9.17. The molecule has 3 rings (SSSR count). The first-order valence-electron chi connectivity index (χ1n) is 9.17. The average Bonchev–Trinajstić information content (AvgIpc) is 2.70. The number of rotatable bonds is 5. The lowest BCUT2D eigenvalue weighted by molar-refractivity contribution is -0.125. The van der Waals surface area contributed by atoms with Crippen molar-refractivity contribution in [3.05, 3.63) is 57.0 Å². The number of aromatic nitrogens is 3. The molecule has 1 N–H and O–H groups in total. The van der Waals surface area contributed by atoms with Crippen molar-refractivity contribution in [3.63, 3.8) is 0 Å². The molecular weight excluding hydrogens is 346 g/mol. The number of carbonyl (C=O) groups is 1. The van der Waals surface area contributed by atoms with E-state index in [4.69, 9.17) is 0 Å². The maximum atomic E-state index is 12.5. The molecule has 0 bridgehead atoms. The Morgan fingerprint density at radius 2 is 2.07 bits per heavy atom. The third-order valence-corrected chi connectivity index (χ3v) is 5.02. The first kappa shape index (κ1) is 18.9. The van der Waals surface area contributed by atoms with Crippen LogP contribution in [0.25, 0.3) is 0 Å². The molecule has 1 aliphatic heterocycles.